The zero-order valence-corrected chi connectivity index (χ0v) is 12.1. The summed E-state index contributed by atoms with van der Waals surface area (Å²) in [5.41, 5.74) is 2.28. The van der Waals surface area contributed by atoms with Crippen molar-refractivity contribution in [1.29, 1.82) is 0 Å². The molecule has 1 amide bonds. The van der Waals surface area contributed by atoms with Crippen LogP contribution in [0, 0.1) is 6.92 Å². The first-order chi connectivity index (χ1) is 8.13. The predicted octanol–water partition coefficient (Wildman–Crippen LogP) is 3.22. The molecule has 0 radical (unpaired) electrons. The predicted molar refractivity (Wildman–Crippen MR) is 75.5 cm³/mol. The number of carbonyl (C=O) groups is 1. The van der Waals surface area contributed by atoms with Gasteiger partial charge in [-0.3, -0.25) is 4.79 Å². The molecule has 1 unspecified atom stereocenters. The number of rotatable bonds is 6. The molecule has 17 heavy (non-hydrogen) atoms. The SMILES string of the molecule is CCCC(Br)CNC(=O)Cc1ccccc1C. The zero-order chi connectivity index (χ0) is 12.7. The van der Waals surface area contributed by atoms with Crippen molar-refractivity contribution >= 4 is 21.8 Å². The van der Waals surface area contributed by atoms with Crippen LogP contribution >= 0.6 is 15.9 Å². The van der Waals surface area contributed by atoms with Gasteiger partial charge in [0.1, 0.15) is 0 Å². The molecule has 2 nitrogen and oxygen atoms in total. The monoisotopic (exact) mass is 297 g/mol. The fourth-order valence-electron chi connectivity index (χ4n) is 1.68. The third kappa shape index (κ3) is 5.35. The van der Waals surface area contributed by atoms with Gasteiger partial charge in [-0.2, -0.15) is 0 Å². The third-order valence-corrected chi connectivity index (χ3v) is 3.52. The van der Waals surface area contributed by atoms with Gasteiger partial charge in [0.05, 0.1) is 6.42 Å². The summed E-state index contributed by atoms with van der Waals surface area (Å²) in [7, 11) is 0. The third-order valence-electron chi connectivity index (χ3n) is 2.73. The van der Waals surface area contributed by atoms with Gasteiger partial charge in [0, 0.05) is 11.4 Å². The minimum Gasteiger partial charge on any atom is -0.355 e. The number of alkyl halides is 1. The number of hydrogen-bond donors (Lipinski definition) is 1. The molecule has 1 rings (SSSR count). The molecule has 1 N–H and O–H groups in total. The number of aryl methyl sites for hydroxylation is 1. The second-order valence-corrected chi connectivity index (χ2v) is 5.59. The minimum absolute atomic E-state index is 0.0971. The molecule has 0 heterocycles. The first kappa shape index (κ1) is 14.2. The number of benzene rings is 1. The quantitative estimate of drug-likeness (QED) is 0.803. The van der Waals surface area contributed by atoms with Gasteiger partial charge in [0.2, 0.25) is 5.91 Å². The van der Waals surface area contributed by atoms with Crippen LogP contribution in [0.1, 0.15) is 30.9 Å². The summed E-state index contributed by atoms with van der Waals surface area (Å²) >= 11 is 3.55. The molecule has 0 saturated carbocycles. The van der Waals surface area contributed by atoms with Crippen LogP contribution in [-0.4, -0.2) is 17.3 Å². The zero-order valence-electron chi connectivity index (χ0n) is 10.5. The summed E-state index contributed by atoms with van der Waals surface area (Å²) in [6, 6.07) is 8.01. The molecule has 1 aromatic rings. The van der Waals surface area contributed by atoms with E-state index < -0.39 is 0 Å². The standard InChI is InChI=1S/C14H20BrNO/c1-3-6-13(15)10-16-14(17)9-12-8-5-4-7-11(12)2/h4-5,7-8,13H,3,6,9-10H2,1-2H3,(H,16,17). The number of nitrogens with one attached hydrogen (secondary N) is 1. The van der Waals surface area contributed by atoms with Gasteiger partial charge in [-0.25, -0.2) is 0 Å². The molecule has 94 valence electrons. The van der Waals surface area contributed by atoms with Crippen molar-refractivity contribution in [1.82, 2.24) is 5.32 Å². The Bertz CT molecular complexity index is 365. The van der Waals surface area contributed by atoms with Gasteiger partial charge >= 0.3 is 0 Å². The Hall–Kier alpha value is -0.830. The van der Waals surface area contributed by atoms with E-state index >= 15 is 0 Å². The fourth-order valence-corrected chi connectivity index (χ4v) is 2.30. The number of amides is 1. The topological polar surface area (TPSA) is 29.1 Å². The van der Waals surface area contributed by atoms with Gasteiger partial charge in [-0.15, -0.1) is 0 Å². The largest absolute Gasteiger partial charge is 0.355 e. The smallest absolute Gasteiger partial charge is 0.224 e. The van der Waals surface area contributed by atoms with Crippen LogP contribution < -0.4 is 5.32 Å². The lowest BCUT2D eigenvalue weighted by molar-refractivity contribution is -0.120. The first-order valence-electron chi connectivity index (χ1n) is 6.08. The van der Waals surface area contributed by atoms with Crippen LogP contribution in [0.15, 0.2) is 24.3 Å². The highest BCUT2D eigenvalue weighted by atomic mass is 79.9. The van der Waals surface area contributed by atoms with E-state index in [1.807, 2.05) is 31.2 Å². The highest BCUT2D eigenvalue weighted by molar-refractivity contribution is 9.09. The lowest BCUT2D eigenvalue weighted by atomic mass is 10.1. The van der Waals surface area contributed by atoms with E-state index in [-0.39, 0.29) is 5.91 Å². The van der Waals surface area contributed by atoms with Crippen LogP contribution in [-0.2, 0) is 11.2 Å². The Morgan fingerprint density at radius 1 is 1.41 bits per heavy atom. The van der Waals surface area contributed by atoms with E-state index in [2.05, 4.69) is 28.2 Å². The van der Waals surface area contributed by atoms with Crippen molar-refractivity contribution in [2.24, 2.45) is 0 Å². The molecule has 0 spiro atoms. The number of carbonyl (C=O) groups excluding carboxylic acids is 1. The molecule has 0 aromatic heterocycles. The van der Waals surface area contributed by atoms with Gasteiger partial charge in [0.15, 0.2) is 0 Å². The highest BCUT2D eigenvalue weighted by Crippen LogP contribution is 2.08. The maximum absolute atomic E-state index is 11.7. The minimum atomic E-state index is 0.0971. The normalized spacial score (nSPS) is 12.2. The highest BCUT2D eigenvalue weighted by Gasteiger charge is 2.07. The van der Waals surface area contributed by atoms with Gasteiger partial charge in [0.25, 0.3) is 0 Å². The van der Waals surface area contributed by atoms with Gasteiger partial charge < -0.3 is 5.32 Å². The summed E-state index contributed by atoms with van der Waals surface area (Å²) in [6.07, 6.45) is 2.69. The summed E-state index contributed by atoms with van der Waals surface area (Å²) in [4.78, 5) is 12.1. The Labute approximate surface area is 112 Å². The van der Waals surface area contributed by atoms with E-state index in [1.54, 1.807) is 0 Å². The van der Waals surface area contributed by atoms with Crippen molar-refractivity contribution < 1.29 is 4.79 Å². The van der Waals surface area contributed by atoms with Crippen LogP contribution in [0.25, 0.3) is 0 Å². The lowest BCUT2D eigenvalue weighted by Crippen LogP contribution is -2.30. The Kier molecular flexibility index (Phi) is 6.27. The molecule has 3 heteroatoms. The first-order valence-corrected chi connectivity index (χ1v) is 7.00. The Morgan fingerprint density at radius 2 is 2.12 bits per heavy atom. The summed E-state index contributed by atoms with van der Waals surface area (Å²) in [5.74, 6) is 0.0971. The second-order valence-electron chi connectivity index (χ2n) is 4.29. The average molecular weight is 298 g/mol. The summed E-state index contributed by atoms with van der Waals surface area (Å²) in [6.45, 7) is 4.88. The molecule has 1 aromatic carbocycles. The maximum atomic E-state index is 11.7. The molecular weight excluding hydrogens is 278 g/mol. The molecule has 0 aliphatic heterocycles. The van der Waals surface area contributed by atoms with E-state index in [0.29, 0.717) is 17.8 Å². The van der Waals surface area contributed by atoms with Crippen LogP contribution in [0.4, 0.5) is 0 Å². The van der Waals surface area contributed by atoms with Crippen molar-refractivity contribution in [2.75, 3.05) is 6.54 Å². The fraction of sp³-hybridized carbons (Fsp3) is 0.500. The number of hydrogen-bond acceptors (Lipinski definition) is 1. The maximum Gasteiger partial charge on any atom is 0.224 e. The molecule has 0 saturated heterocycles. The van der Waals surface area contributed by atoms with Crippen LogP contribution in [0.5, 0.6) is 0 Å². The molecule has 0 aliphatic carbocycles. The summed E-state index contributed by atoms with van der Waals surface area (Å²) in [5, 5.41) is 2.96. The molecule has 0 bridgehead atoms. The Morgan fingerprint density at radius 3 is 2.76 bits per heavy atom. The lowest BCUT2D eigenvalue weighted by Gasteiger charge is -2.10. The Balaban J connectivity index is 2.37. The second kappa shape index (κ2) is 7.49. The van der Waals surface area contributed by atoms with E-state index in [1.165, 1.54) is 5.56 Å². The summed E-state index contributed by atoms with van der Waals surface area (Å²) < 4.78 is 0. The van der Waals surface area contributed by atoms with E-state index in [9.17, 15) is 4.79 Å². The van der Waals surface area contributed by atoms with Crippen molar-refractivity contribution in [3.05, 3.63) is 35.4 Å². The van der Waals surface area contributed by atoms with Gasteiger partial charge in [-0.1, -0.05) is 53.5 Å². The van der Waals surface area contributed by atoms with Crippen molar-refractivity contribution in [3.63, 3.8) is 0 Å². The van der Waals surface area contributed by atoms with Gasteiger partial charge in [-0.05, 0) is 24.5 Å². The van der Waals surface area contributed by atoms with E-state index in [0.717, 1.165) is 18.4 Å². The van der Waals surface area contributed by atoms with E-state index in [4.69, 9.17) is 0 Å². The van der Waals surface area contributed by atoms with Crippen LogP contribution in [0.2, 0.25) is 0 Å². The van der Waals surface area contributed by atoms with Crippen LogP contribution in [0.3, 0.4) is 0 Å². The van der Waals surface area contributed by atoms with Crippen molar-refractivity contribution in [3.8, 4) is 0 Å². The molecule has 1 atom stereocenters. The molecule has 0 aliphatic rings. The average Bonchev–Trinajstić information content (AvgIpc) is 2.30. The molecular formula is C14H20BrNO. The number of halogens is 1. The molecule has 0 fully saturated rings. The van der Waals surface area contributed by atoms with Crippen molar-refractivity contribution in [2.45, 2.75) is 37.9 Å².